The molecule has 2 aromatic carbocycles. The summed E-state index contributed by atoms with van der Waals surface area (Å²) in [7, 11) is 1.71. The lowest BCUT2D eigenvalue weighted by Crippen LogP contribution is -1.90. The molecular formula is C25H24OS. The number of thioether (sulfide) groups is 1. The molecule has 1 nitrogen and oxygen atoms in total. The summed E-state index contributed by atoms with van der Waals surface area (Å²) in [6.45, 7) is 0.665. The maximum Gasteiger partial charge on any atom is 0.0643 e. The Balaban J connectivity index is 1.82. The molecule has 2 heteroatoms. The fourth-order valence-electron chi connectivity index (χ4n) is 2.70. The largest absolute Gasteiger partial charge is 0.381 e. The van der Waals surface area contributed by atoms with Gasteiger partial charge in [-0.15, -0.1) is 0 Å². The number of hydrogen-bond acceptors (Lipinski definition) is 2. The number of ether oxygens (including phenoxy) is 1. The SMILES string of the molecule is COC/C=C/C/C=C/C=C1C=C(c2ccccc2)SC(c2ccccc2)=C1. The molecular weight excluding hydrogens is 348 g/mol. The monoisotopic (exact) mass is 372 g/mol. The van der Waals surface area contributed by atoms with Gasteiger partial charge in [-0.1, -0.05) is 103 Å². The first-order valence-corrected chi connectivity index (χ1v) is 9.91. The molecule has 0 spiro atoms. The molecule has 0 aromatic heterocycles. The van der Waals surface area contributed by atoms with E-state index in [0.717, 1.165) is 6.42 Å². The molecule has 0 amide bonds. The molecule has 27 heavy (non-hydrogen) atoms. The van der Waals surface area contributed by atoms with E-state index in [0.29, 0.717) is 6.61 Å². The minimum atomic E-state index is 0.665. The number of rotatable bonds is 7. The first kappa shape index (κ1) is 19.2. The van der Waals surface area contributed by atoms with E-state index < -0.39 is 0 Å². The van der Waals surface area contributed by atoms with Crippen LogP contribution >= 0.6 is 11.8 Å². The highest BCUT2D eigenvalue weighted by molar-refractivity contribution is 8.16. The molecule has 3 rings (SSSR count). The molecule has 136 valence electrons. The summed E-state index contributed by atoms with van der Waals surface area (Å²) in [5.41, 5.74) is 3.71. The quantitative estimate of drug-likeness (QED) is 0.489. The van der Waals surface area contributed by atoms with Gasteiger partial charge in [0.05, 0.1) is 6.61 Å². The zero-order valence-corrected chi connectivity index (χ0v) is 16.4. The minimum absolute atomic E-state index is 0.665. The van der Waals surface area contributed by atoms with Crippen LogP contribution in [0, 0.1) is 0 Å². The van der Waals surface area contributed by atoms with Crippen LogP contribution in [0.25, 0.3) is 9.81 Å². The Labute approximate surface area is 166 Å². The molecule has 1 aliphatic rings. The lowest BCUT2D eigenvalue weighted by Gasteiger charge is -2.17. The number of methoxy groups -OCH3 is 1. The zero-order chi connectivity index (χ0) is 18.7. The second-order valence-corrected chi connectivity index (χ2v) is 7.19. The Bertz CT molecular complexity index is 814. The standard InChI is InChI=1S/C25H24OS/c1-26-18-12-4-2-3-7-13-21-19-24(22-14-8-5-9-15-22)27-25(20-21)23-16-10-6-11-17-23/h3-17,19-20H,2,18H2,1H3/b7-3+,12-4+. The van der Waals surface area contributed by atoms with Gasteiger partial charge in [-0.05, 0) is 35.3 Å². The third-order valence-electron chi connectivity index (χ3n) is 4.06. The lowest BCUT2D eigenvalue weighted by atomic mass is 10.1. The lowest BCUT2D eigenvalue weighted by molar-refractivity contribution is 0.233. The van der Waals surface area contributed by atoms with Crippen LogP contribution in [0.1, 0.15) is 17.5 Å². The second-order valence-electron chi connectivity index (χ2n) is 6.11. The van der Waals surface area contributed by atoms with Gasteiger partial charge >= 0.3 is 0 Å². The van der Waals surface area contributed by atoms with E-state index in [1.807, 2.05) is 17.8 Å². The van der Waals surface area contributed by atoms with Gasteiger partial charge in [-0.25, -0.2) is 0 Å². The van der Waals surface area contributed by atoms with E-state index in [4.69, 9.17) is 4.74 Å². The van der Waals surface area contributed by atoms with Gasteiger partial charge in [0.2, 0.25) is 0 Å². The van der Waals surface area contributed by atoms with Crippen molar-refractivity contribution < 1.29 is 4.74 Å². The summed E-state index contributed by atoms with van der Waals surface area (Å²) in [6, 6.07) is 21.1. The Kier molecular flexibility index (Phi) is 7.52. The van der Waals surface area contributed by atoms with Gasteiger partial charge < -0.3 is 4.74 Å². The van der Waals surface area contributed by atoms with Gasteiger partial charge in [-0.2, -0.15) is 0 Å². The predicted molar refractivity (Wildman–Crippen MR) is 119 cm³/mol. The van der Waals surface area contributed by atoms with E-state index in [1.165, 1.54) is 26.5 Å². The first-order chi connectivity index (χ1) is 13.4. The van der Waals surface area contributed by atoms with Crippen LogP contribution in [-0.4, -0.2) is 13.7 Å². The third kappa shape index (κ3) is 5.99. The molecule has 0 atom stereocenters. The van der Waals surface area contributed by atoms with Crippen LogP contribution < -0.4 is 0 Å². The normalized spacial score (nSPS) is 14.5. The molecule has 0 aliphatic carbocycles. The number of allylic oxidation sites excluding steroid dienone is 7. The molecule has 0 bridgehead atoms. The highest BCUT2D eigenvalue weighted by atomic mass is 32.2. The number of hydrogen-bond donors (Lipinski definition) is 0. The molecule has 0 saturated heterocycles. The molecule has 1 heterocycles. The fourth-order valence-corrected chi connectivity index (χ4v) is 3.84. The van der Waals surface area contributed by atoms with E-state index in [2.05, 4.69) is 97.1 Å². The van der Waals surface area contributed by atoms with Crippen LogP contribution in [0.15, 0.2) is 109 Å². The highest BCUT2D eigenvalue weighted by Gasteiger charge is 2.13. The Morgan fingerprint density at radius 2 is 1.37 bits per heavy atom. The van der Waals surface area contributed by atoms with Gasteiger partial charge in [0, 0.05) is 16.9 Å². The summed E-state index contributed by atoms with van der Waals surface area (Å²) < 4.78 is 5.01. The van der Waals surface area contributed by atoms with Crippen molar-refractivity contribution in [2.24, 2.45) is 0 Å². The van der Waals surface area contributed by atoms with E-state index in [-0.39, 0.29) is 0 Å². The van der Waals surface area contributed by atoms with Crippen molar-refractivity contribution in [3.05, 3.63) is 120 Å². The van der Waals surface area contributed by atoms with E-state index in [9.17, 15) is 0 Å². The van der Waals surface area contributed by atoms with Crippen molar-refractivity contribution in [3.8, 4) is 0 Å². The molecule has 2 aromatic rings. The zero-order valence-electron chi connectivity index (χ0n) is 15.5. The summed E-state index contributed by atoms with van der Waals surface area (Å²) in [5, 5.41) is 0. The Morgan fingerprint density at radius 3 is 1.93 bits per heavy atom. The molecule has 0 fully saturated rings. The maximum atomic E-state index is 5.01. The van der Waals surface area contributed by atoms with Crippen LogP contribution in [0.4, 0.5) is 0 Å². The average Bonchev–Trinajstić information content (AvgIpc) is 2.74. The fraction of sp³-hybridized carbons (Fsp3) is 0.120. The summed E-state index contributed by atoms with van der Waals surface area (Å²) >= 11 is 1.83. The maximum absolute atomic E-state index is 5.01. The Hall–Kier alpha value is -2.55. The summed E-state index contributed by atoms with van der Waals surface area (Å²) in [4.78, 5) is 2.55. The van der Waals surface area contributed by atoms with Gasteiger partial charge in [0.25, 0.3) is 0 Å². The van der Waals surface area contributed by atoms with Gasteiger partial charge in [0.1, 0.15) is 0 Å². The van der Waals surface area contributed by atoms with Crippen molar-refractivity contribution in [2.75, 3.05) is 13.7 Å². The smallest absolute Gasteiger partial charge is 0.0643 e. The molecule has 0 saturated carbocycles. The first-order valence-electron chi connectivity index (χ1n) is 9.09. The second kappa shape index (κ2) is 10.6. The van der Waals surface area contributed by atoms with Crippen LogP contribution in [0.3, 0.4) is 0 Å². The highest BCUT2D eigenvalue weighted by Crippen LogP contribution is 2.43. The van der Waals surface area contributed by atoms with Crippen molar-refractivity contribution in [3.63, 3.8) is 0 Å². The minimum Gasteiger partial charge on any atom is -0.381 e. The predicted octanol–water partition coefficient (Wildman–Crippen LogP) is 6.89. The van der Waals surface area contributed by atoms with Crippen LogP contribution in [0.5, 0.6) is 0 Å². The molecule has 0 radical (unpaired) electrons. The summed E-state index contributed by atoms with van der Waals surface area (Å²) in [6.07, 6.45) is 16.0. The summed E-state index contributed by atoms with van der Waals surface area (Å²) in [5.74, 6) is 0. The van der Waals surface area contributed by atoms with Gasteiger partial charge in [0.15, 0.2) is 0 Å². The van der Waals surface area contributed by atoms with Crippen molar-refractivity contribution >= 4 is 21.6 Å². The number of benzene rings is 2. The average molecular weight is 373 g/mol. The van der Waals surface area contributed by atoms with Crippen LogP contribution in [0.2, 0.25) is 0 Å². The Morgan fingerprint density at radius 1 is 0.778 bits per heavy atom. The topological polar surface area (TPSA) is 9.23 Å². The van der Waals surface area contributed by atoms with Crippen molar-refractivity contribution in [1.82, 2.24) is 0 Å². The van der Waals surface area contributed by atoms with Crippen LogP contribution in [-0.2, 0) is 4.74 Å². The molecule has 0 N–H and O–H groups in total. The third-order valence-corrected chi connectivity index (χ3v) is 5.21. The van der Waals surface area contributed by atoms with Crippen molar-refractivity contribution in [2.45, 2.75) is 6.42 Å². The van der Waals surface area contributed by atoms with E-state index >= 15 is 0 Å². The van der Waals surface area contributed by atoms with Gasteiger partial charge in [-0.3, -0.25) is 0 Å². The van der Waals surface area contributed by atoms with E-state index in [1.54, 1.807) is 7.11 Å². The molecule has 1 aliphatic heterocycles. The molecule has 0 unspecified atom stereocenters. The van der Waals surface area contributed by atoms with Crippen molar-refractivity contribution in [1.29, 1.82) is 0 Å².